The van der Waals surface area contributed by atoms with E-state index in [2.05, 4.69) is 5.10 Å². The van der Waals surface area contributed by atoms with Crippen LogP contribution in [0.2, 0.25) is 5.02 Å². The first-order chi connectivity index (χ1) is 3.29. The van der Waals surface area contributed by atoms with Crippen LogP contribution in [0.15, 0.2) is 12.4 Å². The predicted molar refractivity (Wildman–Crippen MR) is 27.4 cm³/mol. The third-order valence-electron chi connectivity index (χ3n) is 0.570. The first-order valence-electron chi connectivity index (χ1n) is 1.74. The molecule has 0 unspecified atom stereocenters. The van der Waals surface area contributed by atoms with E-state index in [0.717, 1.165) is 4.79 Å². The van der Waals surface area contributed by atoms with Crippen molar-refractivity contribution in [3.05, 3.63) is 17.4 Å². The summed E-state index contributed by atoms with van der Waals surface area (Å²) in [7, 11) is 0. The average Bonchev–Trinajstić information content (AvgIpc) is 1.87. The van der Waals surface area contributed by atoms with Crippen molar-refractivity contribution in [1.82, 2.24) is 9.89 Å². The Kier molecular flexibility index (Phi) is 0.906. The molecule has 2 N–H and O–H groups in total. The number of aromatic nitrogens is 2. The summed E-state index contributed by atoms with van der Waals surface area (Å²) in [5, 5.41) is 4.14. The number of nitrogens with zero attached hydrogens (tertiary/aromatic N) is 2. The second kappa shape index (κ2) is 1.42. The summed E-state index contributed by atoms with van der Waals surface area (Å²) in [6.07, 6.45) is 2.99. The van der Waals surface area contributed by atoms with Gasteiger partial charge in [-0.15, -0.1) is 0 Å². The molecule has 0 radical (unpaired) electrons. The van der Waals surface area contributed by atoms with Gasteiger partial charge in [-0.25, -0.2) is 0 Å². The van der Waals surface area contributed by atoms with E-state index in [1.165, 1.54) is 12.4 Å². The quantitative estimate of drug-likeness (QED) is 0.495. The van der Waals surface area contributed by atoms with Crippen LogP contribution in [0.1, 0.15) is 0 Å². The van der Waals surface area contributed by atoms with Crippen LogP contribution in [0.25, 0.3) is 0 Å². The molecule has 1 aromatic heterocycles. The van der Waals surface area contributed by atoms with E-state index < -0.39 is 0 Å². The zero-order valence-electron chi connectivity index (χ0n) is 3.50. The lowest BCUT2D eigenvalue weighted by Gasteiger charge is -1.79. The number of halogens is 1. The summed E-state index contributed by atoms with van der Waals surface area (Å²) in [5.74, 6) is 5.10. The maximum absolute atomic E-state index is 5.40. The molecule has 0 saturated heterocycles. The maximum atomic E-state index is 5.40. The third-order valence-corrected chi connectivity index (χ3v) is 0.765. The molecule has 0 atom stereocenters. The van der Waals surface area contributed by atoms with E-state index in [4.69, 9.17) is 17.4 Å². The number of hydrogen-bond donors (Lipinski definition) is 1. The van der Waals surface area contributed by atoms with Gasteiger partial charge in [0, 0.05) is 0 Å². The van der Waals surface area contributed by atoms with Gasteiger partial charge < -0.3 is 5.84 Å². The third kappa shape index (κ3) is 0.838. The highest BCUT2D eigenvalue weighted by atomic mass is 35.5. The molecule has 0 bridgehead atoms. The minimum atomic E-state index is 0.558. The molecule has 0 aromatic carbocycles. The Balaban J connectivity index is 3.04. The summed E-state index contributed by atoms with van der Waals surface area (Å²) in [4.78, 5) is 1.16. The van der Waals surface area contributed by atoms with Gasteiger partial charge >= 0.3 is 0 Å². The van der Waals surface area contributed by atoms with Crippen LogP contribution in [0.3, 0.4) is 0 Å². The minimum Gasteiger partial charge on any atom is -0.323 e. The highest BCUT2D eigenvalue weighted by Gasteiger charge is 1.85. The van der Waals surface area contributed by atoms with Gasteiger partial charge in [0.1, 0.15) is 0 Å². The molecule has 0 spiro atoms. The van der Waals surface area contributed by atoms with Gasteiger partial charge in [0.15, 0.2) is 0 Å². The van der Waals surface area contributed by atoms with Crippen molar-refractivity contribution in [2.24, 2.45) is 0 Å². The van der Waals surface area contributed by atoms with E-state index in [-0.39, 0.29) is 0 Å². The standard InChI is InChI=1S/C3H4ClN3/c4-3-1-6-7(5)2-3/h1-2H,5H2. The van der Waals surface area contributed by atoms with Crippen molar-refractivity contribution >= 4 is 11.6 Å². The fourth-order valence-corrected chi connectivity index (χ4v) is 0.458. The van der Waals surface area contributed by atoms with Crippen LogP contribution < -0.4 is 5.84 Å². The van der Waals surface area contributed by atoms with Gasteiger partial charge in [0.05, 0.1) is 17.4 Å². The first-order valence-corrected chi connectivity index (χ1v) is 2.12. The van der Waals surface area contributed by atoms with Crippen molar-refractivity contribution in [2.45, 2.75) is 0 Å². The Hall–Kier alpha value is -0.700. The van der Waals surface area contributed by atoms with Gasteiger partial charge in [0.2, 0.25) is 0 Å². The fraction of sp³-hybridized carbons (Fsp3) is 0. The summed E-state index contributed by atoms with van der Waals surface area (Å²) >= 11 is 5.40. The van der Waals surface area contributed by atoms with Crippen LogP contribution >= 0.6 is 11.6 Å². The molecule has 0 aliphatic carbocycles. The Morgan fingerprint density at radius 3 is 2.71 bits per heavy atom. The van der Waals surface area contributed by atoms with Crippen LogP contribution in [0.4, 0.5) is 0 Å². The lowest BCUT2D eigenvalue weighted by molar-refractivity contribution is 0.832. The molecule has 38 valence electrons. The van der Waals surface area contributed by atoms with Crippen LogP contribution in [-0.2, 0) is 0 Å². The fourth-order valence-electron chi connectivity index (χ4n) is 0.315. The van der Waals surface area contributed by atoms with E-state index in [1.807, 2.05) is 0 Å². The lowest BCUT2D eigenvalue weighted by Crippen LogP contribution is -2.06. The molecule has 1 aromatic rings. The maximum Gasteiger partial charge on any atom is 0.0807 e. The molecule has 0 aliphatic rings. The lowest BCUT2D eigenvalue weighted by atomic mass is 10.7. The topological polar surface area (TPSA) is 43.8 Å². The number of rotatable bonds is 0. The molecule has 1 rings (SSSR count). The second-order valence-corrected chi connectivity index (χ2v) is 1.58. The largest absolute Gasteiger partial charge is 0.323 e. The highest BCUT2D eigenvalue weighted by molar-refractivity contribution is 6.30. The van der Waals surface area contributed by atoms with Crippen LogP contribution in [-0.4, -0.2) is 9.89 Å². The molecule has 0 saturated carbocycles. The average molecular weight is 118 g/mol. The number of nitrogens with two attached hydrogens (primary N) is 1. The summed E-state index contributed by atoms with van der Waals surface area (Å²) in [6.45, 7) is 0. The molecular formula is C3H4ClN3. The van der Waals surface area contributed by atoms with Crippen molar-refractivity contribution in [2.75, 3.05) is 5.84 Å². The van der Waals surface area contributed by atoms with E-state index in [0.29, 0.717) is 5.02 Å². The van der Waals surface area contributed by atoms with Gasteiger partial charge in [-0.05, 0) is 0 Å². The summed E-state index contributed by atoms with van der Waals surface area (Å²) < 4.78 is 0. The van der Waals surface area contributed by atoms with Crippen molar-refractivity contribution in [1.29, 1.82) is 0 Å². The normalized spacial score (nSPS) is 9.29. The smallest absolute Gasteiger partial charge is 0.0807 e. The van der Waals surface area contributed by atoms with Crippen molar-refractivity contribution in [3.63, 3.8) is 0 Å². The molecule has 4 heteroatoms. The molecule has 0 aliphatic heterocycles. The van der Waals surface area contributed by atoms with Gasteiger partial charge in [0.25, 0.3) is 0 Å². The van der Waals surface area contributed by atoms with Crippen molar-refractivity contribution < 1.29 is 0 Å². The number of nitrogen functional groups attached to an aromatic ring is 1. The van der Waals surface area contributed by atoms with Crippen LogP contribution in [0.5, 0.6) is 0 Å². The Morgan fingerprint density at radius 2 is 2.57 bits per heavy atom. The SMILES string of the molecule is Nn1cc(Cl)cn1. The first kappa shape index (κ1) is 4.46. The summed E-state index contributed by atoms with van der Waals surface area (Å²) in [6, 6.07) is 0. The minimum absolute atomic E-state index is 0.558. The zero-order valence-corrected chi connectivity index (χ0v) is 4.26. The predicted octanol–water partition coefficient (Wildman–Crippen LogP) is 0.250. The Bertz CT molecular complexity index is 142. The number of hydrogen-bond acceptors (Lipinski definition) is 2. The monoisotopic (exact) mass is 117 g/mol. The Morgan fingerprint density at radius 1 is 1.86 bits per heavy atom. The van der Waals surface area contributed by atoms with E-state index in [9.17, 15) is 0 Å². The van der Waals surface area contributed by atoms with Gasteiger partial charge in [-0.1, -0.05) is 11.6 Å². The van der Waals surface area contributed by atoms with Gasteiger partial charge in [-0.3, -0.25) is 0 Å². The Labute approximate surface area is 45.7 Å². The van der Waals surface area contributed by atoms with Crippen molar-refractivity contribution in [3.8, 4) is 0 Å². The zero-order chi connectivity index (χ0) is 5.28. The highest BCUT2D eigenvalue weighted by Crippen LogP contribution is 2.00. The molecule has 7 heavy (non-hydrogen) atoms. The summed E-state index contributed by atoms with van der Waals surface area (Å²) in [5.41, 5.74) is 0. The molecule has 3 nitrogen and oxygen atoms in total. The van der Waals surface area contributed by atoms with E-state index >= 15 is 0 Å². The molecule has 0 fully saturated rings. The molecular weight excluding hydrogens is 114 g/mol. The van der Waals surface area contributed by atoms with Crippen LogP contribution in [0, 0.1) is 0 Å². The van der Waals surface area contributed by atoms with E-state index in [1.54, 1.807) is 0 Å². The molecule has 1 heterocycles. The second-order valence-electron chi connectivity index (χ2n) is 1.14. The van der Waals surface area contributed by atoms with Gasteiger partial charge in [-0.2, -0.15) is 9.89 Å². The molecule has 0 amide bonds.